The minimum absolute atomic E-state index is 0.0450. The first-order valence-corrected chi connectivity index (χ1v) is 8.76. The van der Waals surface area contributed by atoms with Crippen molar-refractivity contribution >= 4 is 45.2 Å². The van der Waals surface area contributed by atoms with Gasteiger partial charge in [0.1, 0.15) is 10.7 Å². The zero-order valence-corrected chi connectivity index (χ0v) is 14.9. The number of benzene rings is 1. The fraction of sp³-hybridized carbons (Fsp3) is 0.294. The maximum atomic E-state index is 14.4. The van der Waals surface area contributed by atoms with Gasteiger partial charge in [-0.25, -0.2) is 14.0 Å². The number of carbonyl (C=O) groups is 4. The van der Waals surface area contributed by atoms with Crippen molar-refractivity contribution in [2.75, 3.05) is 13.2 Å². The molecule has 3 rings (SSSR count). The lowest BCUT2D eigenvalue weighted by Gasteiger charge is -2.15. The van der Waals surface area contributed by atoms with Crippen molar-refractivity contribution in [1.82, 2.24) is 9.80 Å². The van der Waals surface area contributed by atoms with Gasteiger partial charge < -0.3 is 4.74 Å². The molecule has 7 nitrogen and oxygen atoms in total. The minimum Gasteiger partial charge on any atom is -0.462 e. The van der Waals surface area contributed by atoms with Crippen LogP contribution in [-0.2, 0) is 20.9 Å². The second-order valence-electron chi connectivity index (χ2n) is 5.47. The molecule has 9 heteroatoms. The lowest BCUT2D eigenvalue weighted by atomic mass is 10.1. The van der Waals surface area contributed by atoms with E-state index in [1.54, 1.807) is 19.9 Å². The molecule has 0 bridgehead atoms. The summed E-state index contributed by atoms with van der Waals surface area (Å²) in [5.41, 5.74) is 0.161. The van der Waals surface area contributed by atoms with Crippen molar-refractivity contribution < 1.29 is 28.3 Å². The second-order valence-corrected chi connectivity index (χ2v) is 6.52. The zero-order chi connectivity index (χ0) is 19.0. The van der Waals surface area contributed by atoms with Crippen LogP contribution in [0.25, 0.3) is 10.1 Å². The molecule has 1 aliphatic rings. The van der Waals surface area contributed by atoms with Crippen LogP contribution in [0.5, 0.6) is 0 Å². The van der Waals surface area contributed by atoms with Gasteiger partial charge in [-0.15, -0.1) is 11.3 Å². The molecular weight excluding hydrogens is 363 g/mol. The van der Waals surface area contributed by atoms with E-state index >= 15 is 0 Å². The molecule has 0 saturated carbocycles. The number of thiophene rings is 1. The summed E-state index contributed by atoms with van der Waals surface area (Å²) in [5, 5.41) is 0.142. The normalized spacial score (nSPS) is 14.7. The van der Waals surface area contributed by atoms with Gasteiger partial charge in [0.15, 0.2) is 0 Å². The Morgan fingerprint density at radius 3 is 2.46 bits per heavy atom. The topological polar surface area (TPSA) is 84.0 Å². The molecule has 26 heavy (non-hydrogen) atoms. The van der Waals surface area contributed by atoms with E-state index in [-0.39, 0.29) is 35.5 Å². The highest BCUT2D eigenvalue weighted by molar-refractivity contribution is 7.21. The number of urea groups is 1. The molecule has 1 saturated heterocycles. The van der Waals surface area contributed by atoms with E-state index in [2.05, 4.69) is 0 Å². The number of ether oxygens (including phenoxy) is 1. The molecule has 136 valence electrons. The zero-order valence-electron chi connectivity index (χ0n) is 14.1. The summed E-state index contributed by atoms with van der Waals surface area (Å²) in [5.74, 6) is -3.18. The Balaban J connectivity index is 2.10. The SMILES string of the molecule is CCOC(=O)c1sc2cccc(F)c2c1CN1C(=O)C(=O)N(CC)C1=O. The summed E-state index contributed by atoms with van der Waals surface area (Å²) in [4.78, 5) is 50.3. The quantitative estimate of drug-likeness (QED) is 0.454. The molecule has 1 aromatic heterocycles. The molecule has 1 aliphatic heterocycles. The molecule has 0 aliphatic carbocycles. The van der Waals surface area contributed by atoms with Gasteiger partial charge in [-0.3, -0.25) is 19.4 Å². The molecular formula is C17H15FN2O5S. The van der Waals surface area contributed by atoms with E-state index in [0.29, 0.717) is 4.70 Å². The first kappa shape index (κ1) is 18.0. The summed E-state index contributed by atoms with van der Waals surface area (Å²) in [6.07, 6.45) is 0. The number of likely N-dealkylation sites (N-methyl/N-ethyl adjacent to an activating group) is 1. The fourth-order valence-electron chi connectivity index (χ4n) is 2.81. The summed E-state index contributed by atoms with van der Waals surface area (Å²) < 4.78 is 19.9. The van der Waals surface area contributed by atoms with Crippen molar-refractivity contribution in [3.63, 3.8) is 0 Å². The Hall–Kier alpha value is -2.81. The number of halogens is 1. The van der Waals surface area contributed by atoms with Crippen LogP contribution in [0, 0.1) is 5.82 Å². The van der Waals surface area contributed by atoms with Crippen LogP contribution in [0.1, 0.15) is 29.1 Å². The highest BCUT2D eigenvalue weighted by Crippen LogP contribution is 2.35. The third-order valence-corrected chi connectivity index (χ3v) is 5.17. The number of nitrogens with zero attached hydrogens (tertiary/aromatic N) is 2. The number of esters is 1. The lowest BCUT2D eigenvalue weighted by molar-refractivity contribution is -0.143. The summed E-state index contributed by atoms with van der Waals surface area (Å²) in [6.45, 7) is 2.99. The summed E-state index contributed by atoms with van der Waals surface area (Å²) >= 11 is 1.02. The molecule has 0 radical (unpaired) electrons. The first-order chi connectivity index (χ1) is 12.4. The van der Waals surface area contributed by atoms with Gasteiger partial charge in [-0.2, -0.15) is 0 Å². The number of amides is 4. The lowest BCUT2D eigenvalue weighted by Crippen LogP contribution is -2.33. The maximum absolute atomic E-state index is 14.4. The first-order valence-electron chi connectivity index (χ1n) is 7.95. The van der Waals surface area contributed by atoms with Gasteiger partial charge in [0.2, 0.25) is 0 Å². The van der Waals surface area contributed by atoms with Gasteiger partial charge in [0.05, 0.1) is 13.2 Å². The molecule has 2 heterocycles. The van der Waals surface area contributed by atoms with E-state index in [0.717, 1.165) is 21.1 Å². The van der Waals surface area contributed by atoms with Gasteiger partial charge in [0, 0.05) is 22.2 Å². The number of fused-ring (bicyclic) bond motifs is 1. The molecule has 1 aromatic carbocycles. The Kier molecular flexibility index (Phi) is 4.73. The summed E-state index contributed by atoms with van der Waals surface area (Å²) in [7, 11) is 0. The number of hydrogen-bond donors (Lipinski definition) is 0. The Morgan fingerprint density at radius 2 is 1.85 bits per heavy atom. The van der Waals surface area contributed by atoms with Gasteiger partial charge in [0.25, 0.3) is 0 Å². The van der Waals surface area contributed by atoms with Crippen LogP contribution in [0.15, 0.2) is 18.2 Å². The van der Waals surface area contributed by atoms with Crippen molar-refractivity contribution in [3.05, 3.63) is 34.5 Å². The molecule has 0 unspecified atom stereocenters. The predicted octanol–water partition coefficient (Wildman–Crippen LogP) is 2.53. The molecule has 0 spiro atoms. The van der Waals surface area contributed by atoms with Gasteiger partial charge in [-0.05, 0) is 26.0 Å². The smallest absolute Gasteiger partial charge is 0.348 e. The van der Waals surface area contributed by atoms with Crippen LogP contribution in [0.3, 0.4) is 0 Å². The highest BCUT2D eigenvalue weighted by Gasteiger charge is 2.44. The molecule has 4 amide bonds. The summed E-state index contributed by atoms with van der Waals surface area (Å²) in [6, 6.07) is 3.58. The Morgan fingerprint density at radius 1 is 1.15 bits per heavy atom. The molecule has 2 aromatic rings. The fourth-order valence-corrected chi connectivity index (χ4v) is 3.93. The number of hydrogen-bond acceptors (Lipinski definition) is 6. The second kappa shape index (κ2) is 6.83. The van der Waals surface area contributed by atoms with Gasteiger partial charge in [-0.1, -0.05) is 6.07 Å². The Labute approximate surface area is 151 Å². The molecule has 0 atom stereocenters. The van der Waals surface area contributed by atoms with Gasteiger partial charge >= 0.3 is 23.8 Å². The van der Waals surface area contributed by atoms with Crippen molar-refractivity contribution in [3.8, 4) is 0 Å². The number of carbonyl (C=O) groups excluding carboxylic acids is 4. The maximum Gasteiger partial charge on any atom is 0.348 e. The van der Waals surface area contributed by atoms with Crippen LogP contribution in [0.2, 0.25) is 0 Å². The van der Waals surface area contributed by atoms with Crippen LogP contribution < -0.4 is 0 Å². The molecule has 1 fully saturated rings. The highest BCUT2D eigenvalue weighted by atomic mass is 32.1. The molecule has 0 N–H and O–H groups in total. The predicted molar refractivity (Wildman–Crippen MR) is 91.1 cm³/mol. The van der Waals surface area contributed by atoms with E-state index in [1.165, 1.54) is 12.1 Å². The average Bonchev–Trinajstić information content (AvgIpc) is 3.07. The number of imide groups is 2. The third-order valence-electron chi connectivity index (χ3n) is 3.99. The largest absolute Gasteiger partial charge is 0.462 e. The van der Waals surface area contributed by atoms with Crippen molar-refractivity contribution in [1.29, 1.82) is 0 Å². The van der Waals surface area contributed by atoms with E-state index in [1.807, 2.05) is 0 Å². The average molecular weight is 378 g/mol. The minimum atomic E-state index is -0.998. The number of rotatable bonds is 5. The van der Waals surface area contributed by atoms with Crippen LogP contribution in [-0.4, -0.2) is 46.8 Å². The van der Waals surface area contributed by atoms with Crippen molar-refractivity contribution in [2.24, 2.45) is 0 Å². The van der Waals surface area contributed by atoms with E-state index in [4.69, 9.17) is 4.74 Å². The Bertz CT molecular complexity index is 939. The van der Waals surface area contributed by atoms with E-state index < -0.39 is 29.6 Å². The standard InChI is InChI=1S/C17H15FN2O5S/c1-3-19-14(21)15(22)20(17(19)24)8-9-12-10(18)6-5-7-11(12)26-13(9)16(23)25-4-2/h5-7H,3-4,8H2,1-2H3. The third kappa shape index (κ3) is 2.74. The van der Waals surface area contributed by atoms with Crippen molar-refractivity contribution in [2.45, 2.75) is 20.4 Å². The van der Waals surface area contributed by atoms with Crippen LogP contribution >= 0.6 is 11.3 Å². The van der Waals surface area contributed by atoms with E-state index in [9.17, 15) is 23.6 Å². The monoisotopic (exact) mass is 378 g/mol. The van der Waals surface area contributed by atoms with Crippen LogP contribution in [0.4, 0.5) is 9.18 Å².